The van der Waals surface area contributed by atoms with E-state index in [-0.39, 0.29) is 0 Å². The Bertz CT molecular complexity index is 870. The first-order valence-corrected chi connectivity index (χ1v) is 21.2. The van der Waals surface area contributed by atoms with E-state index >= 15 is 0 Å². The van der Waals surface area contributed by atoms with Gasteiger partial charge < -0.3 is 0 Å². The predicted molar refractivity (Wildman–Crippen MR) is 195 cm³/mol. The van der Waals surface area contributed by atoms with Crippen molar-refractivity contribution in [1.82, 2.24) is 4.90 Å². The van der Waals surface area contributed by atoms with Crippen molar-refractivity contribution < 1.29 is 0 Å². The molecule has 0 amide bonds. The number of hydrogen-bond acceptors (Lipinski definition) is 1. The molecule has 45 heavy (non-hydrogen) atoms. The highest BCUT2D eigenvalue weighted by Gasteiger charge is 2.49. The van der Waals surface area contributed by atoms with Gasteiger partial charge in [0.15, 0.2) is 0 Å². The van der Waals surface area contributed by atoms with E-state index in [0.717, 1.165) is 71.4 Å². The van der Waals surface area contributed by atoms with Crippen LogP contribution in [-0.4, -0.2) is 23.0 Å². The average molecular weight is 618 g/mol. The molecular weight excluding hydrogens is 542 g/mol. The molecule has 0 heterocycles. The summed E-state index contributed by atoms with van der Waals surface area (Å²) in [6, 6.07) is 2.66. The molecule has 0 aliphatic heterocycles. The molecule has 0 aromatic rings. The first kappa shape index (κ1) is 34.3. The summed E-state index contributed by atoms with van der Waals surface area (Å²) in [4.78, 5) is 3.22. The number of rotatable bonds is 11. The normalized spacial score (nSPS) is 43.0. The van der Waals surface area contributed by atoms with Crippen LogP contribution in [0.15, 0.2) is 24.3 Å². The Kier molecular flexibility index (Phi) is 13.1. The van der Waals surface area contributed by atoms with Crippen LogP contribution >= 0.6 is 0 Å². The fraction of sp³-hybridized carbons (Fsp3) is 0.909. The van der Waals surface area contributed by atoms with E-state index < -0.39 is 0 Å². The van der Waals surface area contributed by atoms with Crippen LogP contribution in [0, 0.1) is 53.3 Å². The van der Waals surface area contributed by atoms with Gasteiger partial charge in [-0.1, -0.05) is 95.9 Å². The van der Waals surface area contributed by atoms with E-state index in [0.29, 0.717) is 0 Å². The number of unbranched alkanes of at least 4 members (excludes halogenated alkanes) is 3. The maximum absolute atomic E-state index is 3.22. The second-order valence-corrected chi connectivity index (χ2v) is 17.7. The van der Waals surface area contributed by atoms with Crippen molar-refractivity contribution in [3.63, 3.8) is 0 Å². The second kappa shape index (κ2) is 17.2. The lowest BCUT2D eigenvalue weighted by molar-refractivity contribution is -0.0242. The van der Waals surface area contributed by atoms with E-state index in [4.69, 9.17) is 0 Å². The first-order valence-electron chi connectivity index (χ1n) is 21.2. The van der Waals surface area contributed by atoms with Crippen molar-refractivity contribution >= 4 is 0 Å². The van der Waals surface area contributed by atoms with Crippen molar-refractivity contribution in [2.24, 2.45) is 53.3 Å². The van der Waals surface area contributed by atoms with Crippen LogP contribution in [0.2, 0.25) is 0 Å². The Morgan fingerprint density at radius 2 is 1.00 bits per heavy atom. The van der Waals surface area contributed by atoms with Crippen molar-refractivity contribution in [3.8, 4) is 0 Å². The predicted octanol–water partition coefficient (Wildman–Crippen LogP) is 12.9. The van der Waals surface area contributed by atoms with Gasteiger partial charge in [0, 0.05) is 18.1 Å². The zero-order valence-electron chi connectivity index (χ0n) is 30.4. The molecule has 1 heteroatoms. The molecule has 6 aliphatic rings. The van der Waals surface area contributed by atoms with Gasteiger partial charge >= 0.3 is 0 Å². The maximum atomic E-state index is 3.22. The number of hydrogen-bond donors (Lipinski definition) is 0. The van der Waals surface area contributed by atoms with Gasteiger partial charge in [0.25, 0.3) is 0 Å². The lowest BCUT2D eigenvalue weighted by Gasteiger charge is -2.54. The summed E-state index contributed by atoms with van der Waals surface area (Å²) in [7, 11) is 0. The molecule has 0 spiro atoms. The zero-order chi connectivity index (χ0) is 31.0. The highest BCUT2D eigenvalue weighted by Crippen LogP contribution is 2.57. The van der Waals surface area contributed by atoms with E-state index in [9.17, 15) is 0 Å². The smallest absolute Gasteiger partial charge is 0.0102 e. The van der Waals surface area contributed by atoms with Crippen LogP contribution in [0.3, 0.4) is 0 Å². The summed E-state index contributed by atoms with van der Waals surface area (Å²) in [5.74, 6) is 8.50. The van der Waals surface area contributed by atoms with E-state index in [2.05, 4.69) is 50.0 Å². The Hall–Kier alpha value is -0.560. The lowest BCUT2D eigenvalue weighted by atomic mass is 9.50. The van der Waals surface area contributed by atoms with Crippen molar-refractivity contribution in [1.29, 1.82) is 0 Å². The SMILES string of the molecule is C/C=C/C1C2CCCCC2C(/C=C/C2CCC(N(C3CCC(C)CC3)C3CCC(CCCCCC)CC3)CC2)C2CCCCC12. The summed E-state index contributed by atoms with van der Waals surface area (Å²) in [5, 5.41) is 0. The summed E-state index contributed by atoms with van der Waals surface area (Å²) >= 11 is 0. The first-order chi connectivity index (χ1) is 22.2. The van der Waals surface area contributed by atoms with Gasteiger partial charge in [-0.05, 0) is 163 Å². The van der Waals surface area contributed by atoms with Crippen LogP contribution in [0.5, 0.6) is 0 Å². The van der Waals surface area contributed by atoms with Gasteiger partial charge in [-0.2, -0.15) is 0 Å². The number of fused-ring (bicyclic) bond motifs is 2. The Balaban J connectivity index is 1.07. The molecular formula is C44H75N. The van der Waals surface area contributed by atoms with Gasteiger partial charge in [0.05, 0.1) is 0 Å². The van der Waals surface area contributed by atoms with Crippen molar-refractivity contribution in [2.45, 2.75) is 199 Å². The lowest BCUT2D eigenvalue weighted by Crippen LogP contribution is -2.52. The number of allylic oxidation sites excluding steroid dienone is 4. The largest absolute Gasteiger partial charge is 0.294 e. The second-order valence-electron chi connectivity index (χ2n) is 17.7. The molecule has 256 valence electrons. The summed E-state index contributed by atoms with van der Waals surface area (Å²) < 4.78 is 0. The molecule has 1 nitrogen and oxygen atoms in total. The fourth-order valence-corrected chi connectivity index (χ4v) is 12.6. The van der Waals surface area contributed by atoms with Crippen LogP contribution < -0.4 is 0 Å². The molecule has 0 radical (unpaired) electrons. The Morgan fingerprint density at radius 1 is 0.511 bits per heavy atom. The topological polar surface area (TPSA) is 3.24 Å². The Labute approximate surface area is 281 Å². The third-order valence-corrected chi connectivity index (χ3v) is 15.0. The highest BCUT2D eigenvalue weighted by molar-refractivity contribution is 5.11. The van der Waals surface area contributed by atoms with Gasteiger partial charge in [0.2, 0.25) is 0 Å². The minimum absolute atomic E-state index is 0.852. The molecule has 0 aromatic heterocycles. The van der Waals surface area contributed by atoms with Crippen LogP contribution in [0.4, 0.5) is 0 Å². The highest BCUT2D eigenvalue weighted by atomic mass is 15.2. The fourth-order valence-electron chi connectivity index (χ4n) is 12.6. The molecule has 4 atom stereocenters. The molecule has 0 N–H and O–H groups in total. The summed E-state index contributed by atoms with van der Waals surface area (Å²) in [5.41, 5.74) is 0. The summed E-state index contributed by atoms with van der Waals surface area (Å²) in [6.45, 7) is 7.15. The van der Waals surface area contributed by atoms with Crippen molar-refractivity contribution in [2.75, 3.05) is 0 Å². The quantitative estimate of drug-likeness (QED) is 0.165. The van der Waals surface area contributed by atoms with E-state index in [1.165, 1.54) is 161 Å². The maximum Gasteiger partial charge on any atom is 0.0102 e. The third kappa shape index (κ3) is 8.54. The van der Waals surface area contributed by atoms with Gasteiger partial charge in [-0.3, -0.25) is 4.90 Å². The minimum atomic E-state index is 0.852. The summed E-state index contributed by atoms with van der Waals surface area (Å²) in [6.07, 6.45) is 48.0. The standard InChI is InChI=1S/C44H75N/c1-4-6-7-8-14-34-21-28-37(29-22-34)45(36-26-19-33(3)20-27-36)38-30-23-35(24-31-38)25-32-44-42-17-11-9-15-40(42)39(13-5-2)41-16-10-12-18-43(41)44/h5,13,25,32-44H,4,6-12,14-24,26-31H2,1-3H3/b13-5+,32-25+. The molecule has 6 fully saturated rings. The zero-order valence-corrected chi connectivity index (χ0v) is 30.4. The third-order valence-electron chi connectivity index (χ3n) is 15.0. The minimum Gasteiger partial charge on any atom is -0.294 e. The van der Waals surface area contributed by atoms with Gasteiger partial charge in [-0.25, -0.2) is 0 Å². The molecule has 6 rings (SSSR count). The Morgan fingerprint density at radius 3 is 1.51 bits per heavy atom. The number of nitrogens with zero attached hydrogens (tertiary/aromatic N) is 1. The van der Waals surface area contributed by atoms with Gasteiger partial charge in [0.1, 0.15) is 0 Å². The van der Waals surface area contributed by atoms with Crippen molar-refractivity contribution in [3.05, 3.63) is 24.3 Å². The van der Waals surface area contributed by atoms with Crippen LogP contribution in [0.25, 0.3) is 0 Å². The molecule has 0 bridgehead atoms. The molecule has 4 unspecified atom stereocenters. The molecule has 0 aromatic carbocycles. The van der Waals surface area contributed by atoms with Crippen LogP contribution in [0.1, 0.15) is 181 Å². The van der Waals surface area contributed by atoms with E-state index in [1.54, 1.807) is 0 Å². The van der Waals surface area contributed by atoms with E-state index in [1.807, 2.05) is 0 Å². The molecule has 0 saturated heterocycles. The molecule has 6 saturated carbocycles. The average Bonchev–Trinajstić information content (AvgIpc) is 3.08. The molecule has 6 aliphatic carbocycles. The monoisotopic (exact) mass is 618 g/mol. The van der Waals surface area contributed by atoms with Crippen LogP contribution in [-0.2, 0) is 0 Å². The van der Waals surface area contributed by atoms with Gasteiger partial charge in [-0.15, -0.1) is 0 Å².